The molecule has 2 nitrogen and oxygen atoms in total. The van der Waals surface area contributed by atoms with Crippen LogP contribution in [0.3, 0.4) is 0 Å². The highest BCUT2D eigenvalue weighted by molar-refractivity contribution is 5.28. The molecule has 0 fully saturated rings. The van der Waals surface area contributed by atoms with Crippen molar-refractivity contribution in [3.05, 3.63) is 73.6 Å². The fourth-order valence-corrected chi connectivity index (χ4v) is 2.58. The van der Waals surface area contributed by atoms with Crippen molar-refractivity contribution in [2.24, 2.45) is 5.73 Å². The van der Waals surface area contributed by atoms with Gasteiger partial charge in [0, 0.05) is 19.1 Å². The molecule has 3 heteroatoms. The van der Waals surface area contributed by atoms with Crippen molar-refractivity contribution in [2.75, 3.05) is 13.1 Å². The summed E-state index contributed by atoms with van der Waals surface area (Å²) >= 11 is 0. The predicted octanol–water partition coefficient (Wildman–Crippen LogP) is 3.62. The van der Waals surface area contributed by atoms with Gasteiger partial charge in [0.05, 0.1) is 5.54 Å². The lowest BCUT2D eigenvalue weighted by Gasteiger charge is -2.41. The molecule has 0 radical (unpaired) electrons. The van der Waals surface area contributed by atoms with Crippen molar-refractivity contribution in [2.45, 2.75) is 24.9 Å². The quantitative estimate of drug-likeness (QED) is 0.703. The van der Waals surface area contributed by atoms with Crippen molar-refractivity contribution < 1.29 is 4.39 Å². The molecule has 21 heavy (non-hydrogen) atoms. The van der Waals surface area contributed by atoms with E-state index >= 15 is 0 Å². The molecule has 0 aliphatic rings. The zero-order valence-corrected chi connectivity index (χ0v) is 12.8. The number of hydrogen-bond acceptors (Lipinski definition) is 2. The summed E-state index contributed by atoms with van der Waals surface area (Å²) in [6.07, 6.45) is 6.10. The minimum atomic E-state index is -0.637. The maximum absolute atomic E-state index is 13.2. The van der Waals surface area contributed by atoms with Gasteiger partial charge >= 0.3 is 0 Å². The largest absolute Gasteiger partial charge is 0.320 e. The van der Waals surface area contributed by atoms with E-state index in [0.29, 0.717) is 19.5 Å². The maximum Gasteiger partial charge on any atom is 0.123 e. The number of hydrogen-bond donors (Lipinski definition) is 1. The molecule has 0 aromatic heterocycles. The van der Waals surface area contributed by atoms with Crippen LogP contribution in [0.1, 0.15) is 18.9 Å². The summed E-state index contributed by atoms with van der Waals surface area (Å²) in [7, 11) is 0. The van der Waals surface area contributed by atoms with Crippen LogP contribution in [0.15, 0.2) is 62.2 Å². The van der Waals surface area contributed by atoms with E-state index in [0.717, 1.165) is 5.56 Å². The smallest absolute Gasteiger partial charge is 0.123 e. The summed E-state index contributed by atoms with van der Waals surface area (Å²) in [6.45, 7) is 14.9. The van der Waals surface area contributed by atoms with E-state index in [1.54, 1.807) is 18.2 Å². The summed E-state index contributed by atoms with van der Waals surface area (Å²) in [4.78, 5) is 2.19. The summed E-state index contributed by atoms with van der Waals surface area (Å²) in [5, 5.41) is 0. The van der Waals surface area contributed by atoms with E-state index in [2.05, 4.69) is 31.6 Å². The second-order valence-corrected chi connectivity index (χ2v) is 5.25. The molecule has 2 N–H and O–H groups in total. The van der Waals surface area contributed by atoms with Gasteiger partial charge in [-0.3, -0.25) is 4.90 Å². The van der Waals surface area contributed by atoms with E-state index < -0.39 is 5.54 Å². The van der Waals surface area contributed by atoms with Crippen LogP contribution in [0.4, 0.5) is 4.39 Å². The van der Waals surface area contributed by atoms with Crippen LogP contribution in [-0.2, 0) is 5.54 Å². The Bertz CT molecular complexity index is 470. The van der Waals surface area contributed by atoms with Crippen molar-refractivity contribution >= 4 is 0 Å². The first-order valence-corrected chi connectivity index (χ1v) is 7.11. The average molecular weight is 288 g/mol. The number of halogens is 1. The molecule has 1 aromatic rings. The molecule has 0 heterocycles. The Morgan fingerprint density at radius 2 is 1.67 bits per heavy atom. The second-order valence-electron chi connectivity index (χ2n) is 5.25. The lowest BCUT2D eigenvalue weighted by molar-refractivity contribution is 0.159. The third kappa shape index (κ3) is 4.13. The first-order chi connectivity index (χ1) is 9.99. The van der Waals surface area contributed by atoms with Crippen LogP contribution in [0.5, 0.6) is 0 Å². The summed E-state index contributed by atoms with van der Waals surface area (Å²) < 4.78 is 13.2. The fourth-order valence-electron chi connectivity index (χ4n) is 2.58. The fraction of sp³-hybridized carbons (Fsp3) is 0.333. The number of benzene rings is 1. The number of rotatable bonds is 9. The van der Waals surface area contributed by atoms with Gasteiger partial charge in [-0.05, 0) is 31.0 Å². The Hall–Kier alpha value is -1.71. The zero-order valence-electron chi connectivity index (χ0n) is 12.8. The van der Waals surface area contributed by atoms with Crippen LogP contribution >= 0.6 is 0 Å². The monoisotopic (exact) mass is 288 g/mol. The lowest BCUT2D eigenvalue weighted by Crippen LogP contribution is -2.54. The first kappa shape index (κ1) is 17.3. The highest BCUT2D eigenvalue weighted by Gasteiger charge is 2.35. The van der Waals surface area contributed by atoms with Gasteiger partial charge in [0.15, 0.2) is 0 Å². The Labute approximate surface area is 127 Å². The minimum absolute atomic E-state index is 0.0250. The normalized spacial score (nSPS) is 15.2. The Morgan fingerprint density at radius 3 is 2.10 bits per heavy atom. The molecule has 0 amide bonds. The standard InChI is InChI=1S/C18H25FN2/c1-5-12-18(20,16-8-10-17(19)11-9-16)15(4)21(13-6-2)14-7-3/h5-11,15H,1-3,12-14,20H2,4H3. The predicted molar refractivity (Wildman–Crippen MR) is 88.5 cm³/mol. The lowest BCUT2D eigenvalue weighted by atomic mass is 9.80. The van der Waals surface area contributed by atoms with E-state index in [1.807, 2.05) is 12.2 Å². The van der Waals surface area contributed by atoms with Crippen molar-refractivity contribution in [3.8, 4) is 0 Å². The molecule has 0 saturated carbocycles. The summed E-state index contributed by atoms with van der Waals surface area (Å²) in [5.41, 5.74) is 6.94. The molecule has 0 aliphatic heterocycles. The van der Waals surface area contributed by atoms with E-state index in [-0.39, 0.29) is 11.9 Å². The maximum atomic E-state index is 13.2. The van der Waals surface area contributed by atoms with E-state index in [4.69, 9.17) is 5.73 Å². The topological polar surface area (TPSA) is 29.3 Å². The third-order valence-corrected chi connectivity index (χ3v) is 3.88. The molecule has 0 bridgehead atoms. The van der Waals surface area contributed by atoms with Gasteiger partial charge in [-0.25, -0.2) is 4.39 Å². The van der Waals surface area contributed by atoms with Gasteiger partial charge in [-0.1, -0.05) is 30.4 Å². The van der Waals surface area contributed by atoms with Gasteiger partial charge in [0.2, 0.25) is 0 Å². The average Bonchev–Trinajstić information content (AvgIpc) is 2.47. The molecular formula is C18H25FN2. The molecule has 2 atom stereocenters. The molecule has 1 aromatic carbocycles. The molecule has 0 spiro atoms. The van der Waals surface area contributed by atoms with Crippen LogP contribution in [0.2, 0.25) is 0 Å². The van der Waals surface area contributed by atoms with Crippen molar-refractivity contribution in [1.29, 1.82) is 0 Å². The van der Waals surface area contributed by atoms with Gasteiger partial charge in [-0.2, -0.15) is 0 Å². The van der Waals surface area contributed by atoms with Crippen LogP contribution in [-0.4, -0.2) is 24.0 Å². The van der Waals surface area contributed by atoms with Crippen LogP contribution in [0.25, 0.3) is 0 Å². The molecular weight excluding hydrogens is 263 g/mol. The van der Waals surface area contributed by atoms with Gasteiger partial charge < -0.3 is 5.73 Å². The number of nitrogens with two attached hydrogens (primary N) is 1. The summed E-state index contributed by atoms with van der Waals surface area (Å²) in [6, 6.07) is 6.40. The van der Waals surface area contributed by atoms with E-state index in [1.165, 1.54) is 12.1 Å². The van der Waals surface area contributed by atoms with Crippen molar-refractivity contribution in [1.82, 2.24) is 4.90 Å². The van der Waals surface area contributed by atoms with E-state index in [9.17, 15) is 4.39 Å². The van der Waals surface area contributed by atoms with Gasteiger partial charge in [0.25, 0.3) is 0 Å². The second kappa shape index (κ2) is 7.91. The Morgan fingerprint density at radius 1 is 1.14 bits per heavy atom. The zero-order chi connectivity index (χ0) is 15.9. The van der Waals surface area contributed by atoms with Gasteiger partial charge in [0.1, 0.15) is 5.82 Å². The SMILES string of the molecule is C=CCN(CC=C)C(C)C(N)(CC=C)c1ccc(F)cc1. The van der Waals surface area contributed by atoms with Gasteiger partial charge in [-0.15, -0.1) is 19.7 Å². The van der Waals surface area contributed by atoms with Crippen LogP contribution in [0, 0.1) is 5.82 Å². The summed E-state index contributed by atoms with van der Waals surface area (Å²) in [5.74, 6) is -0.263. The first-order valence-electron chi connectivity index (χ1n) is 7.11. The Kier molecular flexibility index (Phi) is 6.53. The molecule has 2 unspecified atom stereocenters. The number of nitrogens with zero attached hydrogens (tertiary/aromatic N) is 1. The highest BCUT2D eigenvalue weighted by atomic mass is 19.1. The highest BCUT2D eigenvalue weighted by Crippen LogP contribution is 2.30. The molecule has 0 saturated heterocycles. The molecule has 0 aliphatic carbocycles. The van der Waals surface area contributed by atoms with Crippen LogP contribution < -0.4 is 5.73 Å². The molecule has 114 valence electrons. The Balaban J connectivity index is 3.17. The molecule has 1 rings (SSSR count). The third-order valence-electron chi connectivity index (χ3n) is 3.88. The minimum Gasteiger partial charge on any atom is -0.320 e. The van der Waals surface area contributed by atoms with Crippen molar-refractivity contribution in [3.63, 3.8) is 0 Å².